The molecule has 2 nitrogen and oxygen atoms in total. The molecule has 14 heavy (non-hydrogen) atoms. The molecule has 1 unspecified atom stereocenters. The molecule has 0 aromatic heterocycles. The van der Waals surface area contributed by atoms with Crippen LogP contribution in [0.3, 0.4) is 0 Å². The molecule has 86 valence electrons. The van der Waals surface area contributed by atoms with Crippen molar-refractivity contribution in [2.75, 3.05) is 19.8 Å². The summed E-state index contributed by atoms with van der Waals surface area (Å²) >= 11 is 0. The van der Waals surface area contributed by atoms with Gasteiger partial charge >= 0.3 is 0 Å². The standard InChI is InChI=1S/C12H27NO/c1-5-12(13-6-2)10-14-9-7-8-11(3)4/h11-13H,5-10H2,1-4H3. The second-order valence-electron chi connectivity index (χ2n) is 4.27. The summed E-state index contributed by atoms with van der Waals surface area (Å²) < 4.78 is 5.63. The number of hydrogen-bond acceptors (Lipinski definition) is 2. The van der Waals surface area contributed by atoms with Gasteiger partial charge in [0.25, 0.3) is 0 Å². The molecular formula is C12H27NO. The first-order chi connectivity index (χ1) is 6.70. The summed E-state index contributed by atoms with van der Waals surface area (Å²) in [7, 11) is 0. The van der Waals surface area contributed by atoms with Crippen molar-refractivity contribution >= 4 is 0 Å². The Morgan fingerprint density at radius 1 is 1.21 bits per heavy atom. The van der Waals surface area contributed by atoms with Crippen molar-refractivity contribution in [2.45, 2.75) is 53.0 Å². The summed E-state index contributed by atoms with van der Waals surface area (Å²) in [5.41, 5.74) is 0. The Hall–Kier alpha value is -0.0800. The SMILES string of the molecule is CCNC(CC)COCCCC(C)C. The van der Waals surface area contributed by atoms with Crippen LogP contribution in [-0.4, -0.2) is 25.8 Å². The van der Waals surface area contributed by atoms with E-state index in [1.165, 1.54) is 12.8 Å². The van der Waals surface area contributed by atoms with Crippen molar-refractivity contribution in [1.82, 2.24) is 5.32 Å². The molecule has 1 atom stereocenters. The van der Waals surface area contributed by atoms with Crippen molar-refractivity contribution < 1.29 is 4.74 Å². The van der Waals surface area contributed by atoms with Gasteiger partial charge in [-0.05, 0) is 31.7 Å². The predicted molar refractivity (Wildman–Crippen MR) is 62.6 cm³/mol. The number of rotatable bonds is 9. The maximum absolute atomic E-state index is 5.63. The van der Waals surface area contributed by atoms with Gasteiger partial charge in [-0.1, -0.05) is 27.7 Å². The number of likely N-dealkylation sites (N-methyl/N-ethyl adjacent to an activating group) is 1. The van der Waals surface area contributed by atoms with Gasteiger partial charge in [-0.25, -0.2) is 0 Å². The fourth-order valence-electron chi connectivity index (χ4n) is 1.43. The van der Waals surface area contributed by atoms with Gasteiger partial charge < -0.3 is 10.1 Å². The van der Waals surface area contributed by atoms with Gasteiger partial charge in [-0.15, -0.1) is 0 Å². The van der Waals surface area contributed by atoms with Crippen LogP contribution in [0.25, 0.3) is 0 Å². The average molecular weight is 201 g/mol. The average Bonchev–Trinajstić information content (AvgIpc) is 2.15. The summed E-state index contributed by atoms with van der Waals surface area (Å²) in [6, 6.07) is 0.541. The van der Waals surface area contributed by atoms with Crippen LogP contribution in [-0.2, 0) is 4.74 Å². The summed E-state index contributed by atoms with van der Waals surface area (Å²) in [6.45, 7) is 11.7. The summed E-state index contributed by atoms with van der Waals surface area (Å²) in [6.07, 6.45) is 3.62. The summed E-state index contributed by atoms with van der Waals surface area (Å²) in [5.74, 6) is 0.800. The normalized spacial score (nSPS) is 13.5. The lowest BCUT2D eigenvalue weighted by Crippen LogP contribution is -2.32. The maximum atomic E-state index is 5.63. The molecule has 0 aliphatic heterocycles. The summed E-state index contributed by atoms with van der Waals surface area (Å²) in [4.78, 5) is 0. The van der Waals surface area contributed by atoms with E-state index in [0.29, 0.717) is 6.04 Å². The lowest BCUT2D eigenvalue weighted by atomic mass is 10.1. The quantitative estimate of drug-likeness (QED) is 0.579. The van der Waals surface area contributed by atoms with Gasteiger partial charge in [0.1, 0.15) is 0 Å². The van der Waals surface area contributed by atoms with E-state index in [1.807, 2.05) is 0 Å². The highest BCUT2D eigenvalue weighted by molar-refractivity contribution is 4.61. The zero-order valence-corrected chi connectivity index (χ0v) is 10.3. The largest absolute Gasteiger partial charge is 0.380 e. The van der Waals surface area contributed by atoms with Gasteiger partial charge in [0.2, 0.25) is 0 Å². The second kappa shape index (κ2) is 9.47. The zero-order valence-electron chi connectivity index (χ0n) is 10.3. The van der Waals surface area contributed by atoms with Crippen LogP contribution in [0.2, 0.25) is 0 Å². The lowest BCUT2D eigenvalue weighted by Gasteiger charge is -2.15. The van der Waals surface area contributed by atoms with Crippen LogP contribution in [0, 0.1) is 5.92 Å². The first-order valence-electron chi connectivity index (χ1n) is 6.01. The molecule has 0 saturated heterocycles. The van der Waals surface area contributed by atoms with Gasteiger partial charge in [-0.3, -0.25) is 0 Å². The minimum atomic E-state index is 0.541. The number of nitrogens with one attached hydrogen (secondary N) is 1. The third-order valence-electron chi connectivity index (χ3n) is 2.37. The molecule has 0 spiro atoms. The van der Waals surface area contributed by atoms with Crippen LogP contribution in [0.5, 0.6) is 0 Å². The highest BCUT2D eigenvalue weighted by Gasteiger charge is 2.03. The summed E-state index contributed by atoms with van der Waals surface area (Å²) in [5, 5.41) is 3.41. The van der Waals surface area contributed by atoms with Gasteiger partial charge in [0, 0.05) is 12.6 Å². The number of ether oxygens (including phenoxy) is 1. The topological polar surface area (TPSA) is 21.3 Å². The minimum absolute atomic E-state index is 0.541. The van der Waals surface area contributed by atoms with Crippen LogP contribution in [0.1, 0.15) is 47.0 Å². The number of hydrogen-bond donors (Lipinski definition) is 1. The predicted octanol–water partition coefficient (Wildman–Crippen LogP) is 2.83. The molecule has 1 N–H and O–H groups in total. The molecule has 0 bridgehead atoms. The van der Waals surface area contributed by atoms with E-state index in [4.69, 9.17) is 4.74 Å². The fourth-order valence-corrected chi connectivity index (χ4v) is 1.43. The zero-order chi connectivity index (χ0) is 10.8. The Labute approximate surface area is 89.4 Å². The first kappa shape index (κ1) is 13.9. The van der Waals surface area contributed by atoms with Crippen molar-refractivity contribution in [3.8, 4) is 0 Å². The lowest BCUT2D eigenvalue weighted by molar-refractivity contribution is 0.105. The molecule has 0 aliphatic carbocycles. The van der Waals surface area contributed by atoms with Gasteiger partial charge in [0.15, 0.2) is 0 Å². The van der Waals surface area contributed by atoms with E-state index in [-0.39, 0.29) is 0 Å². The molecule has 0 rings (SSSR count). The monoisotopic (exact) mass is 201 g/mol. The smallest absolute Gasteiger partial charge is 0.0619 e. The highest BCUT2D eigenvalue weighted by Crippen LogP contribution is 2.03. The first-order valence-corrected chi connectivity index (χ1v) is 6.01. The molecule has 0 heterocycles. The Bertz CT molecular complexity index is 115. The molecule has 0 aliphatic rings. The van der Waals surface area contributed by atoms with Crippen LogP contribution in [0.15, 0.2) is 0 Å². The van der Waals surface area contributed by atoms with Gasteiger partial charge in [-0.2, -0.15) is 0 Å². The molecule has 0 amide bonds. The van der Waals surface area contributed by atoms with E-state index in [2.05, 4.69) is 33.0 Å². The van der Waals surface area contributed by atoms with E-state index in [9.17, 15) is 0 Å². The van der Waals surface area contributed by atoms with E-state index >= 15 is 0 Å². The molecule has 0 aromatic carbocycles. The van der Waals surface area contributed by atoms with Crippen molar-refractivity contribution in [2.24, 2.45) is 5.92 Å². The van der Waals surface area contributed by atoms with Gasteiger partial charge in [0.05, 0.1) is 6.61 Å². The highest BCUT2D eigenvalue weighted by atomic mass is 16.5. The molecule has 0 aromatic rings. The van der Waals surface area contributed by atoms with Crippen LogP contribution >= 0.6 is 0 Å². The van der Waals surface area contributed by atoms with Crippen molar-refractivity contribution in [3.63, 3.8) is 0 Å². The Kier molecular flexibility index (Phi) is 9.42. The Morgan fingerprint density at radius 3 is 2.43 bits per heavy atom. The second-order valence-corrected chi connectivity index (χ2v) is 4.27. The maximum Gasteiger partial charge on any atom is 0.0619 e. The Morgan fingerprint density at radius 2 is 1.93 bits per heavy atom. The van der Waals surface area contributed by atoms with Crippen molar-refractivity contribution in [3.05, 3.63) is 0 Å². The third kappa shape index (κ3) is 8.52. The van der Waals surface area contributed by atoms with Crippen molar-refractivity contribution in [1.29, 1.82) is 0 Å². The Balaban J connectivity index is 3.24. The fraction of sp³-hybridized carbons (Fsp3) is 1.00. The minimum Gasteiger partial charge on any atom is -0.380 e. The molecule has 0 fully saturated rings. The third-order valence-corrected chi connectivity index (χ3v) is 2.37. The van der Waals surface area contributed by atoms with E-state index in [0.717, 1.165) is 32.1 Å². The molecule has 0 radical (unpaired) electrons. The van der Waals surface area contributed by atoms with Crippen LogP contribution < -0.4 is 5.32 Å². The van der Waals surface area contributed by atoms with E-state index in [1.54, 1.807) is 0 Å². The molecule has 0 saturated carbocycles. The van der Waals surface area contributed by atoms with E-state index < -0.39 is 0 Å². The molecule has 2 heteroatoms. The molecular weight excluding hydrogens is 174 g/mol. The van der Waals surface area contributed by atoms with Crippen LogP contribution in [0.4, 0.5) is 0 Å².